The minimum Gasteiger partial charge on any atom is -0.461 e. The van der Waals surface area contributed by atoms with Crippen molar-refractivity contribution in [3.05, 3.63) is 5.53 Å². The van der Waals surface area contributed by atoms with Crippen LogP contribution >= 0.6 is 11.8 Å². The van der Waals surface area contributed by atoms with Gasteiger partial charge in [-0.1, -0.05) is 0 Å². The van der Waals surface area contributed by atoms with Gasteiger partial charge in [-0.15, -0.1) is 0 Å². The van der Waals surface area contributed by atoms with Crippen LogP contribution in [0.1, 0.15) is 42.6 Å². The molecule has 0 saturated carbocycles. The lowest BCUT2D eigenvalue weighted by Crippen LogP contribution is -2.47. The molecule has 0 aromatic carbocycles. The lowest BCUT2D eigenvalue weighted by molar-refractivity contribution is -0.152. The highest BCUT2D eigenvalue weighted by Crippen LogP contribution is 2.07. The lowest BCUT2D eigenvalue weighted by Gasteiger charge is -2.21. The first kappa shape index (κ1) is 12.6. The third kappa shape index (κ3) is 9.44. The van der Waals surface area contributed by atoms with Crippen molar-refractivity contribution in [3.8, 4) is 0 Å². The summed E-state index contributed by atoms with van der Waals surface area (Å²) in [5, 5.41) is 2.24. The number of rotatable bonds is 12. The largest absolute Gasteiger partial charge is 0.461 e. The number of nitrogens with one attached hydrogen (secondary N) is 1. The van der Waals surface area contributed by atoms with E-state index in [1.807, 2.05) is 0 Å². The number of methoxy groups -OCH3 is 1. The van der Waals surface area contributed by atoms with E-state index in [1.54, 1.807) is 6.26 Å². The van der Waals surface area contributed by atoms with Gasteiger partial charge in [0.25, 0.3) is 0 Å². The highest BCUT2D eigenvalue weighted by atomic mass is 32.2. The summed E-state index contributed by atoms with van der Waals surface area (Å²) in [6.07, 6.45) is -2.82. The van der Waals surface area contributed by atoms with Crippen LogP contribution in [0.5, 0.6) is 0 Å². The molecule has 136 valence electrons. The van der Waals surface area contributed by atoms with Crippen molar-refractivity contribution in [2.45, 2.75) is 51.2 Å². The lowest BCUT2D eigenvalue weighted by atomic mass is 10.1. The van der Waals surface area contributed by atoms with Crippen LogP contribution in [0.3, 0.4) is 0 Å². The molecule has 0 heterocycles. The molecule has 0 aliphatic carbocycles. The Balaban J connectivity index is 5.75. The summed E-state index contributed by atoms with van der Waals surface area (Å²) >= 11 is 1.44. The summed E-state index contributed by atoms with van der Waals surface area (Å²) in [6, 6.07) is -1.66. The van der Waals surface area contributed by atoms with Crippen LogP contribution in [0.25, 0.3) is 5.53 Å². The first-order chi connectivity index (χ1) is 14.1. The average molecular weight is 366 g/mol. The van der Waals surface area contributed by atoms with Gasteiger partial charge in [0.05, 0.1) is 7.45 Å². The summed E-state index contributed by atoms with van der Waals surface area (Å²) in [4.78, 5) is 39.2. The first-order valence-electron chi connectivity index (χ1n) is 10.4. The molecule has 0 unspecified atom stereocenters. The molecule has 0 aromatic rings. The van der Waals surface area contributed by atoms with Gasteiger partial charge in [0.1, 0.15) is 12.1 Å². The van der Waals surface area contributed by atoms with Gasteiger partial charge in [-0.2, -0.15) is 16.6 Å². The molecular weight excluding hydrogens is 334 g/mol. The number of carbonyl (C=O) groups excluding carboxylic acids is 3. The van der Waals surface area contributed by atoms with E-state index in [9.17, 15) is 14.4 Å². The van der Waals surface area contributed by atoms with Crippen LogP contribution in [0, 0.1) is 0 Å². The molecule has 0 radical (unpaired) electrons. The zero-order chi connectivity index (χ0) is 24.5. The predicted octanol–water partition coefficient (Wildman–Crippen LogP) is 0.841. The zero-order valence-corrected chi connectivity index (χ0v) is 14.2. The second kappa shape index (κ2) is 12.7. The molecule has 2 atom stereocenters. The van der Waals surface area contributed by atoms with Gasteiger partial charge < -0.3 is 20.3 Å². The Hall–Kier alpha value is -1.70. The van der Waals surface area contributed by atoms with Crippen LogP contribution < -0.4 is 5.32 Å². The van der Waals surface area contributed by atoms with E-state index in [4.69, 9.17) is 19.9 Å². The van der Waals surface area contributed by atoms with Crippen molar-refractivity contribution in [2.24, 2.45) is 0 Å². The van der Waals surface area contributed by atoms with Crippen molar-refractivity contribution in [1.29, 1.82) is 0 Å². The zero-order valence-electron chi connectivity index (χ0n) is 20.4. The van der Waals surface area contributed by atoms with Crippen molar-refractivity contribution in [1.82, 2.24) is 5.32 Å². The maximum Gasteiger partial charge on any atom is 0.328 e. The Morgan fingerprint density at radius 3 is 2.67 bits per heavy atom. The predicted molar refractivity (Wildman–Crippen MR) is 90.9 cm³/mol. The minimum atomic E-state index is -3.60. The van der Waals surface area contributed by atoms with E-state index in [2.05, 4.69) is 14.8 Å². The number of ether oxygens (including phenoxy) is 2. The van der Waals surface area contributed by atoms with E-state index in [0.29, 0.717) is 12.0 Å². The number of amides is 1. The molecule has 1 amide bonds. The van der Waals surface area contributed by atoms with Gasteiger partial charge in [-0.3, -0.25) is 9.59 Å². The number of esters is 1. The molecular formula is C15H25N3O5S. The first-order valence-corrected chi connectivity index (χ1v) is 8.29. The average Bonchev–Trinajstić information content (AvgIpc) is 2.63. The third-order valence-electron chi connectivity index (χ3n) is 2.85. The number of Topliss-reactive ketones (excluding diaryl/α,β-unsaturated/α-hetero) is 1. The monoisotopic (exact) mass is 366 g/mol. The van der Waals surface area contributed by atoms with E-state index >= 15 is 0 Å². The molecule has 24 heavy (non-hydrogen) atoms. The highest BCUT2D eigenvalue weighted by molar-refractivity contribution is 7.98. The number of nitrogens with zero attached hydrogens (tertiary/aromatic N) is 2. The van der Waals surface area contributed by atoms with E-state index in [1.165, 1.54) is 18.9 Å². The molecule has 9 heteroatoms. The maximum atomic E-state index is 12.6. The van der Waals surface area contributed by atoms with Crippen LogP contribution in [-0.4, -0.2) is 66.0 Å². The number of thioether (sulfide) groups is 1. The third-order valence-corrected chi connectivity index (χ3v) is 3.49. The normalized spacial score (nSPS) is 18.7. The summed E-state index contributed by atoms with van der Waals surface area (Å²) in [6.45, 7) is -7.06. The fraction of sp³-hybridized carbons (Fsp3) is 0.733. The Kier molecular flexibility index (Phi) is 6.68. The maximum absolute atomic E-state index is 12.6. The smallest absolute Gasteiger partial charge is 0.328 e. The Bertz CT molecular complexity index is 681. The molecule has 0 spiro atoms. The molecule has 0 aromatic heterocycles. The van der Waals surface area contributed by atoms with Crippen LogP contribution in [-0.2, 0) is 23.9 Å². The van der Waals surface area contributed by atoms with Gasteiger partial charge in [-0.25, -0.2) is 4.79 Å². The van der Waals surface area contributed by atoms with E-state index in [-0.39, 0.29) is 6.42 Å². The van der Waals surface area contributed by atoms with Gasteiger partial charge in [0.2, 0.25) is 11.7 Å². The summed E-state index contributed by atoms with van der Waals surface area (Å²) < 4.78 is 61.3. The summed E-state index contributed by atoms with van der Waals surface area (Å²) in [5.41, 5.74) is 8.39. The van der Waals surface area contributed by atoms with Gasteiger partial charge in [-0.05, 0) is 38.6 Å². The highest BCUT2D eigenvalue weighted by Gasteiger charge is 2.27. The Morgan fingerprint density at radius 2 is 2.12 bits per heavy atom. The number of hydrogen-bond donors (Lipinski definition) is 1. The quantitative estimate of drug-likeness (QED) is 0.237. The van der Waals surface area contributed by atoms with Crippen LogP contribution in [0.2, 0.25) is 0 Å². The fourth-order valence-corrected chi connectivity index (χ4v) is 2.13. The van der Waals surface area contributed by atoms with Gasteiger partial charge in [0, 0.05) is 21.8 Å². The van der Waals surface area contributed by atoms with E-state index in [0.717, 1.165) is 0 Å². The van der Waals surface area contributed by atoms with Crippen molar-refractivity contribution < 1.29 is 38.2 Å². The number of hydrogen-bond acceptors (Lipinski definition) is 6. The van der Waals surface area contributed by atoms with Crippen molar-refractivity contribution >= 4 is 35.6 Å². The molecule has 1 N–H and O–H groups in total. The SMILES string of the molecule is [2H]C([2H])([2H])C([2H])(OC(=O)[C@H](CCC(=O)C=[N+]=[N-])NC(=O)[C@H](CCSC)OC)C([2H])([2H])[2H]. The molecule has 0 saturated heterocycles. The fourth-order valence-electron chi connectivity index (χ4n) is 1.68. The molecule has 0 bridgehead atoms. The summed E-state index contributed by atoms with van der Waals surface area (Å²) in [5.74, 6) is -2.49. The second-order valence-corrected chi connectivity index (χ2v) is 5.55. The summed E-state index contributed by atoms with van der Waals surface area (Å²) in [7, 11) is 1.26. The van der Waals surface area contributed by atoms with Gasteiger partial charge in [0.15, 0.2) is 0 Å². The topological polar surface area (TPSA) is 118 Å². The number of ketones is 1. The Labute approximate surface area is 156 Å². The van der Waals surface area contributed by atoms with Crippen molar-refractivity contribution in [3.63, 3.8) is 0 Å². The van der Waals surface area contributed by atoms with E-state index < -0.39 is 62.4 Å². The van der Waals surface area contributed by atoms with Crippen molar-refractivity contribution in [2.75, 3.05) is 19.1 Å². The molecule has 0 aliphatic rings. The minimum absolute atomic E-state index is 0.272. The number of carbonyl (C=O) groups is 3. The molecule has 8 nitrogen and oxygen atoms in total. The standard InChI is InChI=1S/C15H25N3O5S/c1-10(2)23-15(21)12(6-5-11(19)9-17-16)18-14(20)13(22-3)7-8-24-4/h9-10,12-13H,5-8H2,1-4H3,(H,18,20)/t12-,13-/m0/s1/i1D3,2D3,10D. The molecule has 0 rings (SSSR count). The molecule has 0 fully saturated rings. The van der Waals surface area contributed by atoms with Gasteiger partial charge >= 0.3 is 12.2 Å². The molecule has 0 aliphatic heterocycles. The Morgan fingerprint density at radius 1 is 1.42 bits per heavy atom. The second-order valence-electron chi connectivity index (χ2n) is 4.57. The van der Waals surface area contributed by atoms with Crippen LogP contribution in [0.15, 0.2) is 0 Å². The van der Waals surface area contributed by atoms with Crippen LogP contribution in [0.4, 0.5) is 0 Å².